The van der Waals surface area contributed by atoms with E-state index in [0.717, 1.165) is 6.42 Å². The average molecular weight is 265 g/mol. The normalized spacial score (nSPS) is 14.6. The van der Waals surface area contributed by atoms with Crippen molar-refractivity contribution in [2.45, 2.75) is 26.3 Å². The highest BCUT2D eigenvalue weighted by atomic mass is 32.2. The molecule has 7 heteroatoms. The second-order valence-corrected chi connectivity index (χ2v) is 6.22. The molecule has 1 atom stereocenters. The van der Waals surface area contributed by atoms with Crippen molar-refractivity contribution < 1.29 is 13.2 Å². The topological polar surface area (TPSA) is 93.8 Å². The Balaban J connectivity index is 3.59. The van der Waals surface area contributed by atoms with Crippen molar-refractivity contribution in [3.8, 4) is 0 Å². The van der Waals surface area contributed by atoms with Gasteiger partial charge < -0.3 is 15.8 Å². The van der Waals surface area contributed by atoms with Crippen LogP contribution in [0.3, 0.4) is 0 Å². The maximum Gasteiger partial charge on any atom is 0.188 e. The zero-order valence-electron chi connectivity index (χ0n) is 10.8. The SMILES string of the molecule is CCC(C)NC(N)=NCCOCCS(C)(=O)=O. The Morgan fingerprint density at radius 3 is 2.65 bits per heavy atom. The summed E-state index contributed by atoms with van der Waals surface area (Å²) in [5.41, 5.74) is 5.62. The minimum atomic E-state index is -2.94. The number of sulfone groups is 1. The first-order valence-electron chi connectivity index (χ1n) is 5.67. The van der Waals surface area contributed by atoms with Crippen LogP contribution in [0.4, 0.5) is 0 Å². The van der Waals surface area contributed by atoms with Crippen molar-refractivity contribution >= 4 is 15.8 Å². The van der Waals surface area contributed by atoms with E-state index in [2.05, 4.69) is 17.2 Å². The van der Waals surface area contributed by atoms with E-state index in [4.69, 9.17) is 10.5 Å². The summed E-state index contributed by atoms with van der Waals surface area (Å²) in [7, 11) is -2.94. The first-order chi connectivity index (χ1) is 7.85. The monoisotopic (exact) mass is 265 g/mol. The van der Waals surface area contributed by atoms with Gasteiger partial charge in [0.25, 0.3) is 0 Å². The van der Waals surface area contributed by atoms with Crippen molar-refractivity contribution in [3.05, 3.63) is 0 Å². The zero-order valence-corrected chi connectivity index (χ0v) is 11.6. The fraction of sp³-hybridized carbons (Fsp3) is 0.900. The molecule has 0 spiro atoms. The summed E-state index contributed by atoms with van der Waals surface area (Å²) < 4.78 is 26.7. The fourth-order valence-corrected chi connectivity index (χ4v) is 1.36. The van der Waals surface area contributed by atoms with E-state index in [9.17, 15) is 8.42 Å². The van der Waals surface area contributed by atoms with Gasteiger partial charge in [0.05, 0.1) is 25.5 Å². The molecule has 0 fully saturated rings. The van der Waals surface area contributed by atoms with Crippen LogP contribution in [-0.2, 0) is 14.6 Å². The third-order valence-electron chi connectivity index (χ3n) is 2.12. The molecule has 17 heavy (non-hydrogen) atoms. The molecular formula is C10H23N3O3S. The number of ether oxygens (including phenoxy) is 1. The molecule has 0 aromatic rings. The largest absolute Gasteiger partial charge is 0.378 e. The smallest absolute Gasteiger partial charge is 0.188 e. The molecule has 0 radical (unpaired) electrons. The summed E-state index contributed by atoms with van der Waals surface area (Å²) in [6.07, 6.45) is 2.16. The predicted molar refractivity (Wildman–Crippen MR) is 69.9 cm³/mol. The molecule has 0 heterocycles. The highest BCUT2D eigenvalue weighted by Crippen LogP contribution is 1.87. The van der Waals surface area contributed by atoms with E-state index in [0.29, 0.717) is 25.2 Å². The van der Waals surface area contributed by atoms with Crippen LogP contribution in [0.15, 0.2) is 4.99 Å². The number of hydrogen-bond donors (Lipinski definition) is 2. The molecule has 0 aromatic carbocycles. The van der Waals surface area contributed by atoms with Gasteiger partial charge >= 0.3 is 0 Å². The average Bonchev–Trinajstić information content (AvgIpc) is 2.21. The van der Waals surface area contributed by atoms with Gasteiger partial charge in [-0.2, -0.15) is 0 Å². The summed E-state index contributed by atoms with van der Waals surface area (Å²) in [5.74, 6) is 0.434. The van der Waals surface area contributed by atoms with Gasteiger partial charge in [-0.3, -0.25) is 4.99 Å². The van der Waals surface area contributed by atoms with Gasteiger partial charge in [0.2, 0.25) is 0 Å². The van der Waals surface area contributed by atoms with E-state index >= 15 is 0 Å². The third kappa shape index (κ3) is 11.4. The van der Waals surface area contributed by atoms with Gasteiger partial charge in [-0.15, -0.1) is 0 Å². The second-order valence-electron chi connectivity index (χ2n) is 3.96. The van der Waals surface area contributed by atoms with Gasteiger partial charge in [-0.05, 0) is 13.3 Å². The molecule has 0 aliphatic carbocycles. The van der Waals surface area contributed by atoms with Crippen LogP contribution < -0.4 is 11.1 Å². The highest BCUT2D eigenvalue weighted by Gasteiger charge is 2.01. The molecule has 0 aromatic heterocycles. The Morgan fingerprint density at radius 2 is 2.12 bits per heavy atom. The molecule has 0 amide bonds. The lowest BCUT2D eigenvalue weighted by molar-refractivity contribution is 0.157. The van der Waals surface area contributed by atoms with Gasteiger partial charge in [-0.1, -0.05) is 6.92 Å². The van der Waals surface area contributed by atoms with Gasteiger partial charge in [0.15, 0.2) is 5.96 Å². The number of nitrogens with zero attached hydrogens (tertiary/aromatic N) is 1. The van der Waals surface area contributed by atoms with Crippen LogP contribution >= 0.6 is 0 Å². The van der Waals surface area contributed by atoms with Crippen LogP contribution in [0, 0.1) is 0 Å². The summed E-state index contributed by atoms with van der Waals surface area (Å²) in [6.45, 7) is 5.08. The van der Waals surface area contributed by atoms with Crippen molar-refractivity contribution in [2.24, 2.45) is 10.7 Å². The Kier molecular flexibility index (Phi) is 7.90. The molecule has 0 aliphatic heterocycles. The Morgan fingerprint density at radius 1 is 1.47 bits per heavy atom. The standard InChI is InChI=1S/C10H23N3O3S/c1-4-9(2)13-10(11)12-5-6-16-7-8-17(3,14)15/h9H,4-8H2,1-3H3,(H3,11,12,13). The molecule has 0 bridgehead atoms. The van der Waals surface area contributed by atoms with Crippen molar-refractivity contribution in [3.63, 3.8) is 0 Å². The van der Waals surface area contributed by atoms with Crippen LogP contribution in [0.5, 0.6) is 0 Å². The second kappa shape index (κ2) is 8.30. The molecule has 0 aliphatic rings. The van der Waals surface area contributed by atoms with Gasteiger partial charge in [0.1, 0.15) is 9.84 Å². The Labute approximate surface area is 104 Å². The maximum absolute atomic E-state index is 10.8. The van der Waals surface area contributed by atoms with Crippen molar-refractivity contribution in [1.82, 2.24) is 5.32 Å². The highest BCUT2D eigenvalue weighted by molar-refractivity contribution is 7.90. The first-order valence-corrected chi connectivity index (χ1v) is 7.73. The summed E-state index contributed by atoms with van der Waals surface area (Å²) >= 11 is 0. The molecule has 3 N–H and O–H groups in total. The predicted octanol–water partition coefficient (Wildman–Crippen LogP) is -0.250. The molecule has 0 saturated heterocycles. The fourth-order valence-electron chi connectivity index (χ4n) is 0.943. The number of aliphatic imine (C=N–C) groups is 1. The van der Waals surface area contributed by atoms with Crippen molar-refractivity contribution in [1.29, 1.82) is 0 Å². The maximum atomic E-state index is 10.8. The number of nitrogens with two attached hydrogens (primary N) is 1. The lowest BCUT2D eigenvalue weighted by Gasteiger charge is -2.11. The van der Waals surface area contributed by atoms with E-state index in [1.165, 1.54) is 6.26 Å². The van der Waals surface area contributed by atoms with Crippen LogP contribution in [0.1, 0.15) is 20.3 Å². The number of guanidine groups is 1. The van der Waals surface area contributed by atoms with Crippen molar-refractivity contribution in [2.75, 3.05) is 31.8 Å². The number of hydrogen-bond acceptors (Lipinski definition) is 4. The molecule has 0 rings (SSSR count). The molecule has 6 nitrogen and oxygen atoms in total. The molecule has 102 valence electrons. The lowest BCUT2D eigenvalue weighted by Crippen LogP contribution is -2.38. The lowest BCUT2D eigenvalue weighted by atomic mass is 10.3. The molecule has 1 unspecified atom stereocenters. The summed E-state index contributed by atoms with van der Waals surface area (Å²) in [5, 5.41) is 3.02. The molecular weight excluding hydrogens is 242 g/mol. The van der Waals surface area contributed by atoms with E-state index in [1.807, 2.05) is 6.92 Å². The van der Waals surface area contributed by atoms with Gasteiger partial charge in [0, 0.05) is 12.3 Å². The minimum absolute atomic E-state index is 0.0390. The third-order valence-corrected chi connectivity index (χ3v) is 3.03. The summed E-state index contributed by atoms with van der Waals surface area (Å²) in [4.78, 5) is 4.05. The van der Waals surface area contributed by atoms with Crippen LogP contribution in [0.2, 0.25) is 0 Å². The zero-order chi connectivity index (χ0) is 13.3. The van der Waals surface area contributed by atoms with Gasteiger partial charge in [-0.25, -0.2) is 8.42 Å². The van der Waals surface area contributed by atoms with Crippen LogP contribution in [-0.4, -0.2) is 52.2 Å². The summed E-state index contributed by atoms with van der Waals surface area (Å²) in [6, 6.07) is 0.296. The first kappa shape index (κ1) is 16.2. The quantitative estimate of drug-likeness (QED) is 0.358. The Bertz CT molecular complexity index is 328. The van der Waals surface area contributed by atoms with E-state index < -0.39 is 9.84 Å². The molecule has 0 saturated carbocycles. The van der Waals surface area contributed by atoms with E-state index in [-0.39, 0.29) is 12.4 Å². The minimum Gasteiger partial charge on any atom is -0.378 e. The van der Waals surface area contributed by atoms with Crippen LogP contribution in [0.25, 0.3) is 0 Å². The Hall–Kier alpha value is -0.820. The van der Waals surface area contributed by atoms with E-state index in [1.54, 1.807) is 0 Å². The number of rotatable bonds is 8. The number of nitrogens with one attached hydrogen (secondary N) is 1.